The zero-order chi connectivity index (χ0) is 13.0. The molecule has 0 amide bonds. The van der Waals surface area contributed by atoms with E-state index in [0.29, 0.717) is 11.0 Å². The number of rotatable bonds is 4. The molecule has 0 aromatic heterocycles. The highest BCUT2D eigenvalue weighted by atomic mass is 79.9. The molecule has 0 fully saturated rings. The number of hydrogen-bond donors (Lipinski definition) is 1. The Morgan fingerprint density at radius 1 is 1.17 bits per heavy atom. The van der Waals surface area contributed by atoms with Gasteiger partial charge in [-0.3, -0.25) is 10.1 Å². The fourth-order valence-corrected chi connectivity index (χ4v) is 2.13. The summed E-state index contributed by atoms with van der Waals surface area (Å²) < 4.78 is 0.710. The molecule has 0 saturated carbocycles. The molecule has 0 unspecified atom stereocenters. The first-order valence-electron chi connectivity index (χ1n) is 5.38. The van der Waals surface area contributed by atoms with Crippen LogP contribution in [0.15, 0.2) is 53.0 Å². The fourth-order valence-electron chi connectivity index (χ4n) is 1.60. The van der Waals surface area contributed by atoms with Crippen LogP contribution in [0.1, 0.15) is 5.56 Å². The average Bonchev–Trinajstić information content (AvgIpc) is 2.37. The molecule has 1 N–H and O–H groups in total. The van der Waals surface area contributed by atoms with Crippen molar-refractivity contribution >= 4 is 27.3 Å². The molecule has 0 radical (unpaired) electrons. The molecule has 2 aromatic carbocycles. The summed E-state index contributed by atoms with van der Waals surface area (Å²) in [5, 5.41) is 14.0. The first kappa shape index (κ1) is 12.6. The van der Waals surface area contributed by atoms with Crippen molar-refractivity contribution in [1.29, 1.82) is 0 Å². The molecule has 18 heavy (non-hydrogen) atoms. The van der Waals surface area contributed by atoms with Crippen molar-refractivity contribution < 1.29 is 4.92 Å². The van der Waals surface area contributed by atoms with Crippen molar-refractivity contribution in [1.82, 2.24) is 0 Å². The van der Waals surface area contributed by atoms with E-state index in [1.807, 2.05) is 36.4 Å². The van der Waals surface area contributed by atoms with Crippen LogP contribution in [0.3, 0.4) is 0 Å². The van der Waals surface area contributed by atoms with Gasteiger partial charge in [0.1, 0.15) is 0 Å². The van der Waals surface area contributed by atoms with Crippen LogP contribution in [0.5, 0.6) is 0 Å². The highest BCUT2D eigenvalue weighted by molar-refractivity contribution is 9.10. The molecule has 92 valence electrons. The minimum atomic E-state index is -0.392. The Balaban J connectivity index is 2.12. The maximum absolute atomic E-state index is 10.7. The number of hydrogen-bond acceptors (Lipinski definition) is 3. The molecule has 5 heteroatoms. The van der Waals surface area contributed by atoms with Gasteiger partial charge in [0, 0.05) is 28.8 Å². The summed E-state index contributed by atoms with van der Waals surface area (Å²) in [6.07, 6.45) is 0. The van der Waals surface area contributed by atoms with E-state index >= 15 is 0 Å². The Kier molecular flexibility index (Phi) is 3.94. The van der Waals surface area contributed by atoms with Crippen molar-refractivity contribution in [3.63, 3.8) is 0 Å². The van der Waals surface area contributed by atoms with Crippen molar-refractivity contribution in [2.24, 2.45) is 0 Å². The summed E-state index contributed by atoms with van der Waals surface area (Å²) >= 11 is 3.28. The molecule has 0 atom stereocenters. The number of nitrogens with zero attached hydrogens (tertiary/aromatic N) is 1. The second kappa shape index (κ2) is 5.64. The molecule has 2 aromatic rings. The number of benzene rings is 2. The van der Waals surface area contributed by atoms with Gasteiger partial charge in [0.25, 0.3) is 5.69 Å². The van der Waals surface area contributed by atoms with E-state index in [9.17, 15) is 10.1 Å². The molecule has 0 saturated heterocycles. The zero-order valence-electron chi connectivity index (χ0n) is 9.47. The lowest BCUT2D eigenvalue weighted by Gasteiger charge is -2.06. The molecule has 0 aliphatic heterocycles. The van der Waals surface area contributed by atoms with Gasteiger partial charge < -0.3 is 5.32 Å². The van der Waals surface area contributed by atoms with Crippen LogP contribution in [0.4, 0.5) is 11.4 Å². The molecular formula is C13H11BrN2O2. The summed E-state index contributed by atoms with van der Waals surface area (Å²) in [6, 6.07) is 14.6. The highest BCUT2D eigenvalue weighted by Crippen LogP contribution is 2.22. The number of para-hydroxylation sites is 1. The minimum Gasteiger partial charge on any atom is -0.381 e. The Hall–Kier alpha value is -1.88. The van der Waals surface area contributed by atoms with E-state index in [-0.39, 0.29) is 5.69 Å². The van der Waals surface area contributed by atoms with Gasteiger partial charge in [-0.2, -0.15) is 0 Å². The van der Waals surface area contributed by atoms with E-state index in [2.05, 4.69) is 21.2 Å². The Morgan fingerprint density at radius 2 is 1.89 bits per heavy atom. The van der Waals surface area contributed by atoms with Gasteiger partial charge in [-0.1, -0.05) is 34.1 Å². The van der Waals surface area contributed by atoms with E-state index < -0.39 is 4.92 Å². The second-order valence-electron chi connectivity index (χ2n) is 3.79. The molecule has 0 spiro atoms. The topological polar surface area (TPSA) is 55.2 Å². The summed E-state index contributed by atoms with van der Waals surface area (Å²) in [5.41, 5.74) is 1.94. The van der Waals surface area contributed by atoms with Gasteiger partial charge in [-0.25, -0.2) is 0 Å². The van der Waals surface area contributed by atoms with Crippen LogP contribution in [0.2, 0.25) is 0 Å². The van der Waals surface area contributed by atoms with Crippen LogP contribution >= 0.6 is 15.9 Å². The van der Waals surface area contributed by atoms with Crippen molar-refractivity contribution in [2.45, 2.75) is 6.54 Å². The lowest BCUT2D eigenvalue weighted by molar-refractivity contribution is -0.385. The molecule has 0 aliphatic carbocycles. The normalized spacial score (nSPS) is 10.1. The Morgan fingerprint density at radius 3 is 2.56 bits per heavy atom. The predicted octanol–water partition coefficient (Wildman–Crippen LogP) is 3.97. The third-order valence-corrected chi connectivity index (χ3v) is 2.88. The largest absolute Gasteiger partial charge is 0.381 e. The summed E-state index contributed by atoms with van der Waals surface area (Å²) in [6.45, 7) is 0.546. The van der Waals surface area contributed by atoms with Crippen LogP contribution in [-0.2, 0) is 6.54 Å². The summed E-state index contributed by atoms with van der Waals surface area (Å²) in [5.74, 6) is 0. The maximum atomic E-state index is 10.7. The standard InChI is InChI=1S/C13H11BrN2O2/c14-11-6-10(7-13(8-11)16(17)18)9-15-12-4-2-1-3-5-12/h1-8,15H,9H2. The first-order chi connectivity index (χ1) is 8.65. The van der Waals surface area contributed by atoms with Crippen molar-refractivity contribution in [3.8, 4) is 0 Å². The van der Waals surface area contributed by atoms with Crippen LogP contribution in [0.25, 0.3) is 0 Å². The molecule has 0 bridgehead atoms. The summed E-state index contributed by atoms with van der Waals surface area (Å²) in [4.78, 5) is 10.4. The van der Waals surface area contributed by atoms with E-state index in [0.717, 1.165) is 11.3 Å². The van der Waals surface area contributed by atoms with Gasteiger partial charge in [0.05, 0.1) is 4.92 Å². The lowest BCUT2D eigenvalue weighted by Crippen LogP contribution is -2.00. The van der Waals surface area contributed by atoms with Gasteiger partial charge >= 0.3 is 0 Å². The van der Waals surface area contributed by atoms with Crippen LogP contribution in [-0.4, -0.2) is 4.92 Å². The molecule has 4 nitrogen and oxygen atoms in total. The van der Waals surface area contributed by atoms with E-state index in [1.54, 1.807) is 6.07 Å². The quantitative estimate of drug-likeness (QED) is 0.687. The first-order valence-corrected chi connectivity index (χ1v) is 6.17. The molecular weight excluding hydrogens is 296 g/mol. The molecule has 2 rings (SSSR count). The number of anilines is 1. The Bertz CT molecular complexity index is 558. The second-order valence-corrected chi connectivity index (χ2v) is 4.71. The van der Waals surface area contributed by atoms with Crippen LogP contribution in [0, 0.1) is 10.1 Å². The zero-order valence-corrected chi connectivity index (χ0v) is 11.1. The predicted molar refractivity (Wildman–Crippen MR) is 74.6 cm³/mol. The smallest absolute Gasteiger partial charge is 0.270 e. The van der Waals surface area contributed by atoms with Gasteiger partial charge in [0.2, 0.25) is 0 Å². The average molecular weight is 307 g/mol. The lowest BCUT2D eigenvalue weighted by atomic mass is 10.2. The third kappa shape index (κ3) is 3.30. The SMILES string of the molecule is O=[N+]([O-])c1cc(Br)cc(CNc2ccccc2)c1. The summed E-state index contributed by atoms with van der Waals surface area (Å²) in [7, 11) is 0. The number of nitrogens with one attached hydrogen (secondary N) is 1. The van der Waals surface area contributed by atoms with Crippen molar-refractivity contribution in [3.05, 3.63) is 68.7 Å². The number of nitro benzene ring substituents is 1. The molecule has 0 aliphatic rings. The Labute approximate surface area is 113 Å². The highest BCUT2D eigenvalue weighted by Gasteiger charge is 2.08. The van der Waals surface area contributed by atoms with Gasteiger partial charge in [0.15, 0.2) is 0 Å². The van der Waals surface area contributed by atoms with Crippen LogP contribution < -0.4 is 5.32 Å². The number of non-ortho nitro benzene ring substituents is 1. The number of halogens is 1. The minimum absolute atomic E-state index is 0.0919. The monoisotopic (exact) mass is 306 g/mol. The van der Waals surface area contributed by atoms with E-state index in [4.69, 9.17) is 0 Å². The third-order valence-electron chi connectivity index (χ3n) is 2.42. The maximum Gasteiger partial charge on any atom is 0.270 e. The molecule has 0 heterocycles. The fraction of sp³-hybridized carbons (Fsp3) is 0.0769. The van der Waals surface area contributed by atoms with Gasteiger partial charge in [-0.05, 0) is 23.8 Å². The number of nitro groups is 1. The van der Waals surface area contributed by atoms with Crippen molar-refractivity contribution in [2.75, 3.05) is 5.32 Å². The van der Waals surface area contributed by atoms with E-state index in [1.165, 1.54) is 6.07 Å². The van der Waals surface area contributed by atoms with Gasteiger partial charge in [-0.15, -0.1) is 0 Å².